The van der Waals surface area contributed by atoms with E-state index in [1.165, 1.54) is 0 Å². The highest BCUT2D eigenvalue weighted by molar-refractivity contribution is 5.95. The lowest BCUT2D eigenvalue weighted by Gasteiger charge is -2.35. The molecule has 4 N–H and O–H groups in total. The summed E-state index contributed by atoms with van der Waals surface area (Å²) in [6.45, 7) is 11.6. The summed E-state index contributed by atoms with van der Waals surface area (Å²) in [5, 5.41) is 29.7. The Kier molecular flexibility index (Phi) is 8.65. The van der Waals surface area contributed by atoms with Crippen LogP contribution < -0.4 is 16.0 Å². The molecule has 1 fully saturated rings. The van der Waals surface area contributed by atoms with Crippen molar-refractivity contribution in [2.45, 2.75) is 56.5 Å². The monoisotopic (exact) mass is 541 g/mol. The van der Waals surface area contributed by atoms with Crippen molar-refractivity contribution in [3.05, 3.63) is 88.6 Å². The third-order valence-electron chi connectivity index (χ3n) is 8.37. The largest absolute Gasteiger partial charge is 0.480 e. The number of nitriles is 1. The average molecular weight is 542 g/mol. The van der Waals surface area contributed by atoms with E-state index in [-0.39, 0.29) is 18.0 Å². The van der Waals surface area contributed by atoms with Crippen LogP contribution in [-0.2, 0) is 23.1 Å². The van der Waals surface area contributed by atoms with Crippen molar-refractivity contribution in [3.63, 3.8) is 0 Å². The fourth-order valence-electron chi connectivity index (χ4n) is 6.21. The minimum Gasteiger partial charge on any atom is -0.480 e. The Morgan fingerprint density at radius 1 is 1.10 bits per heavy atom. The number of hydrogen-bond acceptors (Lipinski definition) is 6. The highest BCUT2D eigenvalue weighted by Crippen LogP contribution is 2.44. The molecule has 0 radical (unpaired) electrons. The molecule has 1 aliphatic carbocycles. The molecule has 210 valence electrons. The third kappa shape index (κ3) is 5.34. The number of carbonyl (C=O) groups is 2. The summed E-state index contributed by atoms with van der Waals surface area (Å²) in [4.78, 5) is 28.0. The van der Waals surface area contributed by atoms with Crippen LogP contribution in [-0.4, -0.2) is 61.2 Å². The molecular weight excluding hydrogens is 502 g/mol. The summed E-state index contributed by atoms with van der Waals surface area (Å²) in [6, 6.07) is 13.2. The normalized spacial score (nSPS) is 20.4. The van der Waals surface area contributed by atoms with Crippen molar-refractivity contribution < 1.29 is 14.7 Å². The van der Waals surface area contributed by atoms with Crippen LogP contribution in [0.4, 0.5) is 0 Å². The van der Waals surface area contributed by atoms with Gasteiger partial charge in [-0.15, -0.1) is 0 Å². The van der Waals surface area contributed by atoms with Gasteiger partial charge in [0.25, 0.3) is 5.91 Å². The summed E-state index contributed by atoms with van der Waals surface area (Å²) in [6.07, 6.45) is 3.34. The van der Waals surface area contributed by atoms with E-state index in [9.17, 15) is 20.0 Å². The van der Waals surface area contributed by atoms with E-state index in [4.69, 9.17) is 0 Å². The first kappa shape index (κ1) is 28.9. The summed E-state index contributed by atoms with van der Waals surface area (Å²) in [5.41, 5.74) is 4.98. The first-order valence-corrected chi connectivity index (χ1v) is 13.8. The average Bonchev–Trinajstić information content (AvgIpc) is 3.40. The van der Waals surface area contributed by atoms with E-state index in [1.54, 1.807) is 13.1 Å². The number of carboxylic acids is 1. The second-order valence-corrected chi connectivity index (χ2v) is 10.8. The smallest absolute Gasteiger partial charge is 0.318 e. The van der Waals surface area contributed by atoms with Gasteiger partial charge in [0.05, 0.1) is 6.07 Å². The van der Waals surface area contributed by atoms with E-state index in [0.29, 0.717) is 36.9 Å². The van der Waals surface area contributed by atoms with Crippen molar-refractivity contribution >= 4 is 17.6 Å². The van der Waals surface area contributed by atoms with Gasteiger partial charge in [0.2, 0.25) is 0 Å². The predicted molar refractivity (Wildman–Crippen MR) is 157 cm³/mol. The molecule has 40 heavy (non-hydrogen) atoms. The fourth-order valence-corrected chi connectivity index (χ4v) is 6.21. The standard InChI is InChI=1S/C32H39N5O3/c1-20(36-19-21(2)37-14-6-7-27(37)18-33)17-32(31(39)40)28-12-10-23(22(3)34-4)15-24(28)8-9-25-16-26(30(38)35-5)11-13-29(25)32/h10-13,15-16,20,27,34,36H,2-3,6-9,14,17,19H2,1,4-5H3,(H,35,38)(H,39,40)/t20-,27?,32?/m0/s1. The van der Waals surface area contributed by atoms with Crippen LogP contribution in [0, 0.1) is 11.3 Å². The van der Waals surface area contributed by atoms with Gasteiger partial charge in [0, 0.05) is 50.2 Å². The number of likely N-dealkylation sites (tertiary alicyclic amines) is 1. The zero-order valence-electron chi connectivity index (χ0n) is 23.6. The van der Waals surface area contributed by atoms with Crippen LogP contribution in [0.1, 0.15) is 64.4 Å². The number of nitrogens with one attached hydrogen (secondary N) is 3. The van der Waals surface area contributed by atoms with Crippen molar-refractivity contribution in [1.29, 1.82) is 5.26 Å². The van der Waals surface area contributed by atoms with Gasteiger partial charge in [-0.2, -0.15) is 5.26 Å². The second-order valence-electron chi connectivity index (χ2n) is 10.8. The summed E-state index contributed by atoms with van der Waals surface area (Å²) >= 11 is 0. The highest BCUT2D eigenvalue weighted by Gasteiger charge is 2.47. The molecule has 8 nitrogen and oxygen atoms in total. The lowest BCUT2D eigenvalue weighted by molar-refractivity contribution is -0.142. The maximum Gasteiger partial charge on any atom is 0.318 e. The Morgan fingerprint density at radius 2 is 1.73 bits per heavy atom. The molecule has 2 unspecified atom stereocenters. The van der Waals surface area contributed by atoms with Crippen molar-refractivity contribution in [2.75, 3.05) is 27.2 Å². The van der Waals surface area contributed by atoms with E-state index in [1.807, 2.05) is 49.2 Å². The number of nitrogens with zero attached hydrogens (tertiary/aromatic N) is 2. The molecule has 4 rings (SSSR count). The molecular formula is C32H39N5O3. The second kappa shape index (κ2) is 12.0. The Balaban J connectivity index is 1.75. The number of carbonyl (C=O) groups excluding carboxylic acids is 1. The molecule has 2 aliphatic rings. The van der Waals surface area contributed by atoms with Crippen LogP contribution in [0.15, 0.2) is 55.3 Å². The highest BCUT2D eigenvalue weighted by atomic mass is 16.4. The number of hydrogen-bond donors (Lipinski definition) is 4. The molecule has 2 aromatic carbocycles. The van der Waals surface area contributed by atoms with E-state index in [2.05, 4.69) is 35.2 Å². The first-order valence-electron chi connectivity index (χ1n) is 13.8. The molecule has 3 atom stereocenters. The minimum absolute atomic E-state index is 0.161. The third-order valence-corrected chi connectivity index (χ3v) is 8.37. The maximum absolute atomic E-state index is 13.5. The minimum atomic E-state index is -1.33. The maximum atomic E-state index is 13.5. The van der Waals surface area contributed by atoms with Crippen LogP contribution >= 0.6 is 0 Å². The Morgan fingerprint density at radius 3 is 2.30 bits per heavy atom. The van der Waals surface area contributed by atoms with Gasteiger partial charge < -0.3 is 26.0 Å². The Hall–Kier alpha value is -4.09. The molecule has 8 heteroatoms. The van der Waals surface area contributed by atoms with Gasteiger partial charge in [-0.1, -0.05) is 31.4 Å². The molecule has 2 aromatic rings. The molecule has 1 aliphatic heterocycles. The van der Waals surface area contributed by atoms with Crippen LogP contribution in [0.25, 0.3) is 5.70 Å². The molecule has 1 heterocycles. The number of amides is 1. The zero-order chi connectivity index (χ0) is 29.0. The van der Waals surface area contributed by atoms with Crippen LogP contribution in [0.3, 0.4) is 0 Å². The van der Waals surface area contributed by atoms with Gasteiger partial charge in [-0.3, -0.25) is 9.59 Å². The molecule has 1 saturated heterocycles. The van der Waals surface area contributed by atoms with Gasteiger partial charge >= 0.3 is 5.97 Å². The predicted octanol–water partition coefficient (Wildman–Crippen LogP) is 3.58. The van der Waals surface area contributed by atoms with Crippen molar-refractivity contribution in [2.24, 2.45) is 0 Å². The molecule has 0 aromatic heterocycles. The zero-order valence-corrected chi connectivity index (χ0v) is 23.6. The van der Waals surface area contributed by atoms with Crippen molar-refractivity contribution in [1.82, 2.24) is 20.9 Å². The van der Waals surface area contributed by atoms with Crippen LogP contribution in [0.2, 0.25) is 0 Å². The van der Waals surface area contributed by atoms with E-state index < -0.39 is 11.4 Å². The summed E-state index contributed by atoms with van der Waals surface area (Å²) in [5.74, 6) is -1.13. The number of fused-ring (bicyclic) bond motifs is 2. The first-order chi connectivity index (χ1) is 19.2. The van der Waals surface area contributed by atoms with E-state index in [0.717, 1.165) is 53.0 Å². The van der Waals surface area contributed by atoms with E-state index >= 15 is 0 Å². The number of aliphatic carboxylic acids is 1. The molecule has 0 saturated carbocycles. The quantitative estimate of drug-likeness (QED) is 0.363. The van der Waals surface area contributed by atoms with Gasteiger partial charge in [0.1, 0.15) is 11.5 Å². The number of carboxylic acid groups (broad SMARTS) is 1. The summed E-state index contributed by atoms with van der Waals surface area (Å²) in [7, 11) is 3.40. The van der Waals surface area contributed by atoms with Gasteiger partial charge in [0.15, 0.2) is 0 Å². The van der Waals surface area contributed by atoms with Gasteiger partial charge in [-0.25, -0.2) is 0 Å². The molecule has 0 bridgehead atoms. The SMILES string of the molecule is C=C(NC)c1ccc2c(c1)CCc1cc(C(=O)NC)ccc1C2(C[C@H](C)NCC(=C)N1CCCC1C#N)C(=O)O. The molecule has 0 spiro atoms. The lowest BCUT2D eigenvalue weighted by Crippen LogP contribution is -2.45. The number of aryl methyl sites for hydroxylation is 2. The Bertz CT molecular complexity index is 1310. The summed E-state index contributed by atoms with van der Waals surface area (Å²) < 4.78 is 0. The van der Waals surface area contributed by atoms with Gasteiger partial charge in [-0.05, 0) is 85.0 Å². The van der Waals surface area contributed by atoms with Crippen molar-refractivity contribution in [3.8, 4) is 6.07 Å². The van der Waals surface area contributed by atoms with Crippen LogP contribution in [0.5, 0.6) is 0 Å². The lowest BCUT2D eigenvalue weighted by atomic mass is 9.68. The number of benzene rings is 2. The fraction of sp³-hybridized carbons (Fsp3) is 0.406. The topological polar surface area (TPSA) is 117 Å². The number of rotatable bonds is 10. The Labute approximate surface area is 236 Å². The molecule has 1 amide bonds.